The van der Waals surface area contributed by atoms with E-state index in [1.54, 1.807) is 12.1 Å². The van der Waals surface area contributed by atoms with E-state index in [4.69, 9.17) is 14.7 Å². The van der Waals surface area contributed by atoms with Crippen molar-refractivity contribution in [2.75, 3.05) is 7.11 Å². The minimum absolute atomic E-state index is 0.169. The normalized spacial score (nSPS) is 10.6. The Kier molecular flexibility index (Phi) is 5.78. The average Bonchev–Trinajstić information content (AvgIpc) is 2.70. The van der Waals surface area contributed by atoms with Gasteiger partial charge in [-0.3, -0.25) is 14.6 Å². The van der Waals surface area contributed by atoms with Crippen molar-refractivity contribution in [2.24, 2.45) is 5.92 Å². The molecular formula is C19H18N6O5. The number of aromatic nitrogens is 5. The Morgan fingerprint density at radius 1 is 1.17 bits per heavy atom. The lowest BCUT2D eigenvalue weighted by Gasteiger charge is -2.12. The smallest absolute Gasteiger partial charge is 0.349 e. The third-order valence-corrected chi connectivity index (χ3v) is 4.03. The quantitative estimate of drug-likeness (QED) is 0.606. The summed E-state index contributed by atoms with van der Waals surface area (Å²) in [5.41, 5.74) is -1.63. The van der Waals surface area contributed by atoms with Gasteiger partial charge in [0.1, 0.15) is 6.07 Å². The predicted octanol–water partition coefficient (Wildman–Crippen LogP) is 0.875. The van der Waals surface area contributed by atoms with Gasteiger partial charge in [-0.05, 0) is 24.5 Å². The Labute approximate surface area is 169 Å². The van der Waals surface area contributed by atoms with Crippen LogP contribution < -0.4 is 26.3 Å². The van der Waals surface area contributed by atoms with E-state index in [9.17, 15) is 14.4 Å². The van der Waals surface area contributed by atoms with Crippen LogP contribution in [0.5, 0.6) is 17.4 Å². The van der Waals surface area contributed by atoms with Gasteiger partial charge in [0, 0.05) is 17.7 Å². The molecule has 0 spiro atoms. The number of hydrogen-bond donors (Lipinski definition) is 2. The molecule has 0 fully saturated rings. The van der Waals surface area contributed by atoms with Gasteiger partial charge in [-0.25, -0.2) is 9.89 Å². The summed E-state index contributed by atoms with van der Waals surface area (Å²) in [4.78, 5) is 37.5. The van der Waals surface area contributed by atoms with Gasteiger partial charge in [0.2, 0.25) is 11.6 Å². The highest BCUT2D eigenvalue weighted by atomic mass is 16.5. The molecule has 2 N–H and O–H groups in total. The van der Waals surface area contributed by atoms with Crippen molar-refractivity contribution < 1.29 is 9.47 Å². The SMILES string of the molecule is COc1cc(-n2nc(C#N)c(=O)[nH]c2=O)ccc1Oc1cc(CC(C)C)c(=O)[nH]n1. The molecule has 0 saturated carbocycles. The second-order valence-electron chi connectivity index (χ2n) is 6.73. The molecule has 0 aliphatic heterocycles. The number of nitriles is 1. The number of rotatable bonds is 6. The van der Waals surface area contributed by atoms with Crippen LogP contribution in [0.1, 0.15) is 25.1 Å². The first-order chi connectivity index (χ1) is 14.3. The van der Waals surface area contributed by atoms with Crippen LogP contribution in [0.15, 0.2) is 38.6 Å². The Hall–Kier alpha value is -4.20. The molecule has 0 atom stereocenters. The zero-order valence-electron chi connectivity index (χ0n) is 16.4. The lowest BCUT2D eigenvalue weighted by atomic mass is 10.1. The van der Waals surface area contributed by atoms with E-state index in [-0.39, 0.29) is 34.5 Å². The van der Waals surface area contributed by atoms with E-state index < -0.39 is 16.9 Å². The number of nitrogens with one attached hydrogen (secondary N) is 2. The van der Waals surface area contributed by atoms with Gasteiger partial charge < -0.3 is 9.47 Å². The molecule has 0 aliphatic rings. The van der Waals surface area contributed by atoms with Crippen LogP contribution in [-0.4, -0.2) is 32.1 Å². The van der Waals surface area contributed by atoms with E-state index in [0.717, 1.165) is 4.68 Å². The molecule has 2 heterocycles. The van der Waals surface area contributed by atoms with E-state index in [1.165, 1.54) is 25.3 Å². The maximum absolute atomic E-state index is 12.1. The fraction of sp³-hybridized carbons (Fsp3) is 0.263. The number of ether oxygens (including phenoxy) is 2. The number of aromatic amines is 2. The topological polar surface area (TPSA) is 156 Å². The third-order valence-electron chi connectivity index (χ3n) is 4.03. The molecular weight excluding hydrogens is 392 g/mol. The van der Waals surface area contributed by atoms with Crippen LogP contribution in [-0.2, 0) is 6.42 Å². The van der Waals surface area contributed by atoms with Crippen molar-refractivity contribution in [3.05, 3.63) is 66.7 Å². The van der Waals surface area contributed by atoms with Crippen LogP contribution >= 0.6 is 0 Å². The molecule has 154 valence electrons. The zero-order chi connectivity index (χ0) is 21.8. The highest BCUT2D eigenvalue weighted by Gasteiger charge is 2.14. The minimum atomic E-state index is -0.869. The predicted molar refractivity (Wildman–Crippen MR) is 105 cm³/mol. The van der Waals surface area contributed by atoms with Crippen molar-refractivity contribution in [1.29, 1.82) is 5.26 Å². The van der Waals surface area contributed by atoms with Crippen LogP contribution in [0.2, 0.25) is 0 Å². The fourth-order valence-electron chi connectivity index (χ4n) is 2.70. The van der Waals surface area contributed by atoms with Crippen LogP contribution in [0.4, 0.5) is 0 Å². The summed E-state index contributed by atoms with van der Waals surface area (Å²) < 4.78 is 11.9. The van der Waals surface area contributed by atoms with Gasteiger partial charge in [-0.2, -0.15) is 9.94 Å². The summed E-state index contributed by atoms with van der Waals surface area (Å²) in [5, 5.41) is 19.0. The Morgan fingerprint density at radius 3 is 2.60 bits per heavy atom. The molecule has 3 rings (SSSR count). The summed E-state index contributed by atoms with van der Waals surface area (Å²) in [7, 11) is 1.40. The van der Waals surface area contributed by atoms with Crippen LogP contribution in [0, 0.1) is 17.2 Å². The Balaban J connectivity index is 1.98. The van der Waals surface area contributed by atoms with Crippen molar-refractivity contribution >= 4 is 0 Å². The molecule has 0 saturated heterocycles. The van der Waals surface area contributed by atoms with Crippen LogP contribution in [0.3, 0.4) is 0 Å². The van der Waals surface area contributed by atoms with Crippen LogP contribution in [0.25, 0.3) is 5.69 Å². The van der Waals surface area contributed by atoms with E-state index >= 15 is 0 Å². The maximum atomic E-state index is 12.1. The summed E-state index contributed by atoms with van der Waals surface area (Å²) in [5.74, 6) is 0.956. The van der Waals surface area contributed by atoms with Gasteiger partial charge in [0.25, 0.3) is 11.1 Å². The lowest BCUT2D eigenvalue weighted by molar-refractivity contribution is 0.371. The molecule has 0 aliphatic carbocycles. The highest BCUT2D eigenvalue weighted by molar-refractivity contribution is 5.49. The van der Waals surface area contributed by atoms with E-state index in [1.807, 2.05) is 18.8 Å². The zero-order valence-corrected chi connectivity index (χ0v) is 16.4. The lowest BCUT2D eigenvalue weighted by Crippen LogP contribution is -2.33. The molecule has 11 nitrogen and oxygen atoms in total. The highest BCUT2D eigenvalue weighted by Crippen LogP contribution is 2.32. The second kappa shape index (κ2) is 8.44. The molecule has 0 unspecified atom stereocenters. The number of methoxy groups -OCH3 is 1. The monoisotopic (exact) mass is 410 g/mol. The van der Waals surface area contributed by atoms with Crippen molar-refractivity contribution in [3.8, 4) is 29.1 Å². The summed E-state index contributed by atoms with van der Waals surface area (Å²) >= 11 is 0. The van der Waals surface area contributed by atoms with Gasteiger partial charge in [-0.15, -0.1) is 10.2 Å². The van der Waals surface area contributed by atoms with Gasteiger partial charge in [0.05, 0.1) is 12.8 Å². The van der Waals surface area contributed by atoms with Gasteiger partial charge in [0.15, 0.2) is 11.5 Å². The molecule has 0 amide bonds. The van der Waals surface area contributed by atoms with Crippen molar-refractivity contribution in [2.45, 2.75) is 20.3 Å². The summed E-state index contributed by atoms with van der Waals surface area (Å²) in [6.45, 7) is 3.99. The molecule has 30 heavy (non-hydrogen) atoms. The standard InChI is InChI=1S/C19H18N6O5/c1-10(2)6-11-7-16(22-23-17(11)26)30-14-5-4-12(8-15(14)29-3)25-19(28)21-18(27)13(9-20)24-25/h4-5,7-8,10H,6H2,1-3H3,(H,23,26)(H,21,27,28). The first-order valence-electron chi connectivity index (χ1n) is 8.91. The van der Waals surface area contributed by atoms with E-state index in [0.29, 0.717) is 12.0 Å². The number of nitrogens with zero attached hydrogens (tertiary/aromatic N) is 4. The van der Waals surface area contributed by atoms with E-state index in [2.05, 4.69) is 15.3 Å². The fourth-order valence-corrected chi connectivity index (χ4v) is 2.70. The largest absolute Gasteiger partial charge is 0.493 e. The number of H-pyrrole nitrogens is 2. The molecule has 3 aromatic rings. The first-order valence-corrected chi connectivity index (χ1v) is 8.91. The molecule has 0 radical (unpaired) electrons. The Morgan fingerprint density at radius 2 is 1.93 bits per heavy atom. The minimum Gasteiger partial charge on any atom is -0.493 e. The second-order valence-corrected chi connectivity index (χ2v) is 6.73. The first kappa shape index (κ1) is 20.5. The Bertz CT molecular complexity index is 1300. The molecule has 0 bridgehead atoms. The van der Waals surface area contributed by atoms with Gasteiger partial charge >= 0.3 is 5.69 Å². The molecule has 11 heteroatoms. The van der Waals surface area contributed by atoms with Crippen molar-refractivity contribution in [3.63, 3.8) is 0 Å². The molecule has 1 aromatic carbocycles. The number of benzene rings is 1. The summed E-state index contributed by atoms with van der Waals surface area (Å²) in [6, 6.07) is 7.62. The summed E-state index contributed by atoms with van der Waals surface area (Å²) in [6.07, 6.45) is 0.562. The van der Waals surface area contributed by atoms with Gasteiger partial charge in [-0.1, -0.05) is 13.8 Å². The third kappa shape index (κ3) is 4.27. The van der Waals surface area contributed by atoms with Crippen molar-refractivity contribution in [1.82, 2.24) is 25.0 Å². The maximum Gasteiger partial charge on any atom is 0.349 e. The average molecular weight is 410 g/mol. The molecule has 2 aromatic heterocycles. The number of hydrogen-bond acceptors (Lipinski definition) is 8.